The molecule has 1 heterocycles. The Balaban J connectivity index is 2.04. The van der Waals surface area contributed by atoms with Crippen LogP contribution >= 0.6 is 0 Å². The number of nitrogens with two attached hydrogens (primary N) is 1. The van der Waals surface area contributed by atoms with Crippen LogP contribution < -0.4 is 5.73 Å². The van der Waals surface area contributed by atoms with Crippen molar-refractivity contribution < 1.29 is 9.90 Å². The molecule has 4 N–H and O–H groups in total. The number of hydrogen-bond donors (Lipinski definition) is 3. The third-order valence-electron chi connectivity index (χ3n) is 5.44. The average Bonchev–Trinajstić information content (AvgIpc) is 3.08. The van der Waals surface area contributed by atoms with Crippen molar-refractivity contribution in [2.24, 2.45) is 5.73 Å². The smallest absolute Gasteiger partial charge is 0.336 e. The minimum Gasteiger partial charge on any atom is -0.478 e. The summed E-state index contributed by atoms with van der Waals surface area (Å²) in [5.41, 5.74) is 11.2. The van der Waals surface area contributed by atoms with Crippen LogP contribution in [0.25, 0.3) is 32.9 Å². The molecular weight excluding hydrogens is 348 g/mol. The highest BCUT2D eigenvalue weighted by molar-refractivity contribution is 6.09. The molecule has 4 nitrogen and oxygen atoms in total. The number of aromatic amines is 1. The monoisotopic (exact) mass is 372 g/mol. The van der Waals surface area contributed by atoms with Gasteiger partial charge >= 0.3 is 5.97 Å². The number of aromatic carboxylic acids is 1. The zero-order chi connectivity index (χ0) is 19.7. The molecule has 0 unspecified atom stereocenters. The molecule has 4 heteroatoms. The third-order valence-corrected chi connectivity index (χ3v) is 5.44. The van der Waals surface area contributed by atoms with E-state index < -0.39 is 5.97 Å². The van der Waals surface area contributed by atoms with Crippen LogP contribution in [0.2, 0.25) is 0 Å². The predicted molar refractivity (Wildman–Crippen MR) is 115 cm³/mol. The lowest BCUT2D eigenvalue weighted by molar-refractivity contribution is 0.0699. The maximum atomic E-state index is 11.9. The Morgan fingerprint density at radius 1 is 1.04 bits per heavy atom. The molecule has 0 amide bonds. The summed E-state index contributed by atoms with van der Waals surface area (Å²) in [5, 5.41) is 12.9. The standard InChI is InChI=1S/C24H24N2O2/c1-15-12-13-20(24(27)28)21-19(10-4-5-14-25)23(26-22(15)21)18-11-6-8-16-7-2-3-9-17(16)18/h2-3,6-9,11-13,26H,4-5,10,14,25H2,1H3,(H,27,28). The van der Waals surface area contributed by atoms with Gasteiger partial charge in [-0.15, -0.1) is 0 Å². The SMILES string of the molecule is Cc1ccc(C(=O)O)c2c(CCCCN)c(-c3cccc4ccccc34)[nH]c12. The molecule has 28 heavy (non-hydrogen) atoms. The van der Waals surface area contributed by atoms with Crippen LogP contribution in [-0.2, 0) is 6.42 Å². The Hall–Kier alpha value is -3.11. The summed E-state index contributed by atoms with van der Waals surface area (Å²) in [6.07, 6.45) is 2.63. The minimum atomic E-state index is -0.895. The van der Waals surface area contributed by atoms with Gasteiger partial charge in [-0.3, -0.25) is 0 Å². The summed E-state index contributed by atoms with van der Waals surface area (Å²) in [6.45, 7) is 2.65. The third kappa shape index (κ3) is 3.06. The highest BCUT2D eigenvalue weighted by Gasteiger charge is 2.21. The summed E-state index contributed by atoms with van der Waals surface area (Å²) < 4.78 is 0. The van der Waals surface area contributed by atoms with Gasteiger partial charge in [-0.05, 0) is 60.7 Å². The van der Waals surface area contributed by atoms with Crippen molar-refractivity contribution in [2.75, 3.05) is 6.54 Å². The van der Waals surface area contributed by atoms with E-state index >= 15 is 0 Å². The number of benzene rings is 3. The summed E-state index contributed by atoms with van der Waals surface area (Å²) >= 11 is 0. The first kappa shape index (κ1) is 18.3. The van der Waals surface area contributed by atoms with Crippen LogP contribution in [0.15, 0.2) is 54.6 Å². The van der Waals surface area contributed by atoms with E-state index in [9.17, 15) is 9.90 Å². The van der Waals surface area contributed by atoms with E-state index in [0.717, 1.165) is 57.9 Å². The Bertz CT molecular complexity index is 1170. The van der Waals surface area contributed by atoms with Crippen molar-refractivity contribution in [1.29, 1.82) is 0 Å². The number of carboxylic acids is 1. The molecule has 0 atom stereocenters. The average molecular weight is 372 g/mol. The molecule has 0 spiro atoms. The predicted octanol–water partition coefficient (Wildman–Crippen LogP) is 5.28. The first-order valence-corrected chi connectivity index (χ1v) is 9.67. The van der Waals surface area contributed by atoms with Crippen molar-refractivity contribution in [3.05, 3.63) is 71.3 Å². The number of nitrogens with one attached hydrogen (secondary N) is 1. The first-order valence-electron chi connectivity index (χ1n) is 9.67. The molecule has 0 aliphatic heterocycles. The summed E-state index contributed by atoms with van der Waals surface area (Å²) in [4.78, 5) is 15.5. The second kappa shape index (κ2) is 7.49. The molecule has 0 fully saturated rings. The van der Waals surface area contributed by atoms with E-state index in [-0.39, 0.29) is 0 Å². The highest BCUT2D eigenvalue weighted by Crippen LogP contribution is 2.38. The Kier molecular flexibility index (Phi) is 4.88. The van der Waals surface area contributed by atoms with Crippen LogP contribution in [0.4, 0.5) is 0 Å². The second-order valence-corrected chi connectivity index (χ2v) is 7.24. The first-order chi connectivity index (χ1) is 13.6. The lowest BCUT2D eigenvalue weighted by Crippen LogP contribution is -2.01. The Morgan fingerprint density at radius 3 is 2.61 bits per heavy atom. The maximum absolute atomic E-state index is 11.9. The van der Waals surface area contributed by atoms with E-state index in [1.165, 1.54) is 5.39 Å². The van der Waals surface area contributed by atoms with Crippen molar-refractivity contribution in [1.82, 2.24) is 4.98 Å². The number of carbonyl (C=O) groups is 1. The molecule has 142 valence electrons. The van der Waals surface area contributed by atoms with Gasteiger partial charge < -0.3 is 15.8 Å². The Labute approximate surface area is 164 Å². The minimum absolute atomic E-state index is 0.353. The number of rotatable bonds is 6. The van der Waals surface area contributed by atoms with Crippen molar-refractivity contribution in [3.8, 4) is 11.3 Å². The van der Waals surface area contributed by atoms with E-state index in [2.05, 4.69) is 35.3 Å². The Morgan fingerprint density at radius 2 is 1.82 bits per heavy atom. The number of carboxylic acid groups (broad SMARTS) is 1. The maximum Gasteiger partial charge on any atom is 0.336 e. The van der Waals surface area contributed by atoms with Gasteiger partial charge in [0.2, 0.25) is 0 Å². The molecule has 0 radical (unpaired) electrons. The van der Waals surface area contributed by atoms with Gasteiger partial charge in [0.15, 0.2) is 0 Å². The molecule has 1 aromatic heterocycles. The summed E-state index contributed by atoms with van der Waals surface area (Å²) in [5.74, 6) is -0.895. The molecule has 4 aromatic rings. The molecule has 0 aliphatic carbocycles. The van der Waals surface area contributed by atoms with Gasteiger partial charge in [0.25, 0.3) is 0 Å². The number of fused-ring (bicyclic) bond motifs is 2. The van der Waals surface area contributed by atoms with Crippen molar-refractivity contribution in [3.63, 3.8) is 0 Å². The number of aryl methyl sites for hydroxylation is 2. The zero-order valence-electron chi connectivity index (χ0n) is 16.0. The van der Waals surface area contributed by atoms with Crippen LogP contribution in [0.1, 0.15) is 34.3 Å². The number of aromatic nitrogens is 1. The van der Waals surface area contributed by atoms with Crippen molar-refractivity contribution in [2.45, 2.75) is 26.2 Å². The van der Waals surface area contributed by atoms with E-state index in [1.807, 2.05) is 25.1 Å². The van der Waals surface area contributed by atoms with Gasteiger partial charge in [0, 0.05) is 16.5 Å². The van der Waals surface area contributed by atoms with Crippen molar-refractivity contribution >= 4 is 27.6 Å². The highest BCUT2D eigenvalue weighted by atomic mass is 16.4. The van der Waals surface area contributed by atoms with Gasteiger partial charge in [-0.1, -0.05) is 48.5 Å². The normalized spacial score (nSPS) is 11.4. The quantitative estimate of drug-likeness (QED) is 0.403. The molecular formula is C24H24N2O2. The molecule has 0 saturated carbocycles. The summed E-state index contributed by atoms with van der Waals surface area (Å²) in [7, 11) is 0. The molecule has 0 bridgehead atoms. The number of hydrogen-bond acceptors (Lipinski definition) is 2. The molecule has 4 rings (SSSR count). The second-order valence-electron chi connectivity index (χ2n) is 7.24. The van der Waals surface area contributed by atoms with Crippen LogP contribution in [0.3, 0.4) is 0 Å². The lowest BCUT2D eigenvalue weighted by atomic mass is 9.94. The fraction of sp³-hybridized carbons (Fsp3) is 0.208. The number of H-pyrrole nitrogens is 1. The number of unbranched alkanes of at least 4 members (excludes halogenated alkanes) is 1. The van der Waals surface area contributed by atoms with Gasteiger partial charge in [-0.2, -0.15) is 0 Å². The summed E-state index contributed by atoms with van der Waals surface area (Å²) in [6, 6.07) is 18.1. The fourth-order valence-corrected chi connectivity index (χ4v) is 4.05. The fourth-order valence-electron chi connectivity index (χ4n) is 4.05. The van der Waals surface area contributed by atoms with Crippen LogP contribution in [0.5, 0.6) is 0 Å². The largest absolute Gasteiger partial charge is 0.478 e. The molecule has 0 saturated heterocycles. The van der Waals surface area contributed by atoms with Crippen LogP contribution in [-0.4, -0.2) is 22.6 Å². The van der Waals surface area contributed by atoms with Gasteiger partial charge in [0.05, 0.1) is 11.3 Å². The van der Waals surface area contributed by atoms with E-state index in [0.29, 0.717) is 12.1 Å². The topological polar surface area (TPSA) is 79.1 Å². The van der Waals surface area contributed by atoms with E-state index in [4.69, 9.17) is 5.73 Å². The molecule has 0 aliphatic rings. The lowest BCUT2D eigenvalue weighted by Gasteiger charge is -2.09. The van der Waals surface area contributed by atoms with Crippen LogP contribution in [0, 0.1) is 6.92 Å². The van der Waals surface area contributed by atoms with E-state index in [1.54, 1.807) is 6.07 Å². The molecule has 3 aromatic carbocycles. The zero-order valence-corrected chi connectivity index (χ0v) is 16.0. The van der Waals surface area contributed by atoms with Gasteiger partial charge in [0.1, 0.15) is 0 Å². The van der Waals surface area contributed by atoms with Gasteiger partial charge in [-0.25, -0.2) is 4.79 Å².